The predicted octanol–water partition coefficient (Wildman–Crippen LogP) is 5.25. The van der Waals surface area contributed by atoms with Crippen LogP contribution in [0.2, 0.25) is 0 Å². The van der Waals surface area contributed by atoms with Crippen LogP contribution in [0.5, 0.6) is 11.5 Å². The molecule has 0 aromatic heterocycles. The molecule has 1 aliphatic heterocycles. The highest BCUT2D eigenvalue weighted by molar-refractivity contribution is 6.51. The molecule has 3 aromatic rings. The van der Waals surface area contributed by atoms with Crippen molar-refractivity contribution in [2.45, 2.75) is 19.4 Å². The van der Waals surface area contributed by atoms with Crippen molar-refractivity contribution in [1.82, 2.24) is 0 Å². The number of para-hydroxylation sites is 1. The Balaban J connectivity index is 1.89. The number of halogens is 1. The van der Waals surface area contributed by atoms with Crippen LogP contribution >= 0.6 is 0 Å². The Labute approximate surface area is 196 Å². The quantitative estimate of drug-likeness (QED) is 0.296. The zero-order chi connectivity index (χ0) is 24.2. The fourth-order valence-electron chi connectivity index (χ4n) is 4.00. The van der Waals surface area contributed by atoms with E-state index in [1.54, 1.807) is 48.5 Å². The third-order valence-electron chi connectivity index (χ3n) is 5.56. The number of nitrogens with zero attached hydrogens (tertiary/aromatic N) is 1. The number of ether oxygens (including phenoxy) is 2. The Kier molecular flexibility index (Phi) is 6.63. The van der Waals surface area contributed by atoms with Gasteiger partial charge in [0.05, 0.1) is 25.3 Å². The van der Waals surface area contributed by atoms with Gasteiger partial charge in [0.25, 0.3) is 11.7 Å². The first kappa shape index (κ1) is 23.0. The Bertz CT molecular complexity index is 1250. The van der Waals surface area contributed by atoms with Gasteiger partial charge in [0, 0.05) is 16.8 Å². The number of amides is 1. The minimum absolute atomic E-state index is 0.110. The summed E-state index contributed by atoms with van der Waals surface area (Å²) < 4.78 is 25.1. The van der Waals surface area contributed by atoms with Crippen LogP contribution in [0.15, 0.2) is 78.4 Å². The van der Waals surface area contributed by atoms with Crippen molar-refractivity contribution in [2.75, 3.05) is 18.6 Å². The molecule has 4 rings (SSSR count). The summed E-state index contributed by atoms with van der Waals surface area (Å²) in [6.07, 6.45) is 0.851. The molecule has 1 heterocycles. The molecule has 0 spiro atoms. The first-order valence-corrected chi connectivity index (χ1v) is 10.9. The number of carbonyl (C=O) groups excluding carboxylic acids is 2. The first-order valence-electron chi connectivity index (χ1n) is 10.9. The molecule has 1 unspecified atom stereocenters. The molecule has 1 fully saturated rings. The Hall–Kier alpha value is -4.13. The minimum Gasteiger partial charge on any atom is -0.507 e. The van der Waals surface area contributed by atoms with Crippen molar-refractivity contribution >= 4 is 23.1 Å². The molecule has 1 N–H and O–H groups in total. The minimum atomic E-state index is -1.02. The van der Waals surface area contributed by atoms with Gasteiger partial charge in [0.1, 0.15) is 23.1 Å². The predicted molar refractivity (Wildman–Crippen MR) is 126 cm³/mol. The molecule has 0 saturated carbocycles. The van der Waals surface area contributed by atoms with Gasteiger partial charge in [0.15, 0.2) is 0 Å². The molecule has 1 saturated heterocycles. The second kappa shape index (κ2) is 9.79. The molecule has 3 aromatic carbocycles. The van der Waals surface area contributed by atoms with Gasteiger partial charge in [-0.25, -0.2) is 4.39 Å². The molecular formula is C27H24FNO5. The molecule has 1 aliphatic rings. The molecular weight excluding hydrogens is 437 g/mol. The van der Waals surface area contributed by atoms with Gasteiger partial charge in [-0.05, 0) is 55.0 Å². The molecule has 174 valence electrons. The Morgan fingerprint density at radius 1 is 1.03 bits per heavy atom. The van der Waals surface area contributed by atoms with Gasteiger partial charge >= 0.3 is 0 Å². The van der Waals surface area contributed by atoms with Crippen LogP contribution in [0.25, 0.3) is 5.76 Å². The first-order chi connectivity index (χ1) is 16.5. The summed E-state index contributed by atoms with van der Waals surface area (Å²) in [5, 5.41) is 11.2. The molecule has 1 atom stereocenters. The van der Waals surface area contributed by atoms with Crippen LogP contribution in [0.1, 0.15) is 30.5 Å². The maximum absolute atomic E-state index is 14.0. The fraction of sp³-hybridized carbons (Fsp3) is 0.185. The van der Waals surface area contributed by atoms with Gasteiger partial charge in [0.2, 0.25) is 0 Å². The molecule has 0 radical (unpaired) electrons. The van der Waals surface area contributed by atoms with Crippen molar-refractivity contribution in [3.8, 4) is 11.5 Å². The third kappa shape index (κ3) is 4.24. The van der Waals surface area contributed by atoms with Crippen LogP contribution in [0, 0.1) is 5.82 Å². The molecule has 34 heavy (non-hydrogen) atoms. The van der Waals surface area contributed by atoms with E-state index < -0.39 is 23.5 Å². The molecule has 7 heteroatoms. The van der Waals surface area contributed by atoms with E-state index in [0.717, 1.165) is 6.42 Å². The average molecular weight is 461 g/mol. The summed E-state index contributed by atoms with van der Waals surface area (Å²) in [5.41, 5.74) is 0.917. The zero-order valence-electron chi connectivity index (χ0n) is 18.8. The highest BCUT2D eigenvalue weighted by atomic mass is 19.1. The number of aliphatic hydroxyl groups is 1. The second-order valence-electron chi connectivity index (χ2n) is 7.76. The summed E-state index contributed by atoms with van der Waals surface area (Å²) in [6.45, 7) is 2.55. The van der Waals surface area contributed by atoms with Gasteiger partial charge in [-0.15, -0.1) is 0 Å². The van der Waals surface area contributed by atoms with Crippen LogP contribution in [0.4, 0.5) is 10.1 Å². The number of Topliss-reactive ketones (excluding diaryl/α,β-unsaturated/α-hetero) is 1. The zero-order valence-corrected chi connectivity index (χ0v) is 18.8. The smallest absolute Gasteiger partial charge is 0.300 e. The number of aliphatic hydroxyl groups excluding tert-OH is 1. The second-order valence-corrected chi connectivity index (χ2v) is 7.76. The maximum atomic E-state index is 14.0. The standard InChI is InChI=1S/C27H24FNO5/c1-3-15-34-20-13-11-17(12-14-20)25(30)23-24(21-9-4-5-10-22(21)33-2)29(27(32)26(23)31)19-8-6-7-18(28)16-19/h4-14,16,24,30H,3,15H2,1-2H3/b25-23+. The van der Waals surface area contributed by atoms with E-state index in [1.165, 1.54) is 36.3 Å². The molecule has 1 amide bonds. The summed E-state index contributed by atoms with van der Waals surface area (Å²) >= 11 is 0. The van der Waals surface area contributed by atoms with Gasteiger partial charge in [-0.2, -0.15) is 0 Å². The number of rotatable bonds is 7. The van der Waals surface area contributed by atoms with E-state index in [0.29, 0.717) is 29.2 Å². The third-order valence-corrected chi connectivity index (χ3v) is 5.56. The Morgan fingerprint density at radius 2 is 1.76 bits per heavy atom. The van der Waals surface area contributed by atoms with Crippen LogP contribution < -0.4 is 14.4 Å². The summed E-state index contributed by atoms with van der Waals surface area (Å²) in [4.78, 5) is 27.6. The van der Waals surface area contributed by atoms with Crippen LogP contribution in [-0.2, 0) is 9.59 Å². The van der Waals surface area contributed by atoms with E-state index in [-0.39, 0.29) is 17.0 Å². The number of anilines is 1. The van der Waals surface area contributed by atoms with Crippen LogP contribution in [-0.4, -0.2) is 30.5 Å². The van der Waals surface area contributed by atoms with Gasteiger partial charge in [-0.1, -0.05) is 31.2 Å². The van der Waals surface area contributed by atoms with Gasteiger partial charge < -0.3 is 14.6 Å². The monoisotopic (exact) mass is 461 g/mol. The number of benzene rings is 3. The summed E-state index contributed by atoms with van der Waals surface area (Å²) in [5.74, 6) is -1.59. The normalized spacial score (nSPS) is 17.1. The van der Waals surface area contributed by atoms with Crippen LogP contribution in [0.3, 0.4) is 0 Å². The maximum Gasteiger partial charge on any atom is 0.300 e. The number of hydrogen-bond acceptors (Lipinski definition) is 5. The van der Waals surface area contributed by atoms with E-state index >= 15 is 0 Å². The Morgan fingerprint density at radius 3 is 2.44 bits per heavy atom. The molecule has 0 bridgehead atoms. The SMILES string of the molecule is CCCOc1ccc(/C(O)=C2\C(=O)C(=O)N(c3cccc(F)c3)C2c2ccccc2OC)cc1. The van der Waals surface area contributed by atoms with E-state index in [9.17, 15) is 19.1 Å². The lowest BCUT2D eigenvalue weighted by molar-refractivity contribution is -0.132. The average Bonchev–Trinajstić information content (AvgIpc) is 3.12. The van der Waals surface area contributed by atoms with E-state index in [2.05, 4.69) is 0 Å². The fourth-order valence-corrected chi connectivity index (χ4v) is 4.00. The number of ketones is 1. The van der Waals surface area contributed by atoms with Gasteiger partial charge in [-0.3, -0.25) is 14.5 Å². The van der Waals surface area contributed by atoms with Crippen molar-refractivity contribution < 1.29 is 28.6 Å². The lowest BCUT2D eigenvalue weighted by atomic mass is 9.94. The summed E-state index contributed by atoms with van der Waals surface area (Å²) in [6, 6.07) is 17.9. The number of hydrogen-bond donors (Lipinski definition) is 1. The highest BCUT2D eigenvalue weighted by Crippen LogP contribution is 2.44. The van der Waals surface area contributed by atoms with E-state index in [1.807, 2.05) is 6.92 Å². The van der Waals surface area contributed by atoms with Crippen molar-refractivity contribution in [3.05, 3.63) is 95.3 Å². The highest BCUT2D eigenvalue weighted by Gasteiger charge is 2.48. The molecule has 6 nitrogen and oxygen atoms in total. The largest absolute Gasteiger partial charge is 0.507 e. The number of carbonyl (C=O) groups is 2. The van der Waals surface area contributed by atoms with Crippen molar-refractivity contribution in [2.24, 2.45) is 0 Å². The van der Waals surface area contributed by atoms with E-state index in [4.69, 9.17) is 9.47 Å². The van der Waals surface area contributed by atoms with Crippen molar-refractivity contribution in [3.63, 3.8) is 0 Å². The van der Waals surface area contributed by atoms with Crippen molar-refractivity contribution in [1.29, 1.82) is 0 Å². The lowest BCUT2D eigenvalue weighted by Crippen LogP contribution is -2.29. The summed E-state index contributed by atoms with van der Waals surface area (Å²) in [7, 11) is 1.47. The lowest BCUT2D eigenvalue weighted by Gasteiger charge is -2.26. The molecule has 0 aliphatic carbocycles. The number of methoxy groups -OCH3 is 1. The topological polar surface area (TPSA) is 76.1 Å².